The molecular formula is C13H18ClN. The minimum atomic E-state index is 0.652. The van der Waals surface area contributed by atoms with Crippen LogP contribution in [-0.2, 0) is 0 Å². The Morgan fingerprint density at radius 3 is 2.53 bits per heavy atom. The van der Waals surface area contributed by atoms with E-state index in [0.29, 0.717) is 5.92 Å². The van der Waals surface area contributed by atoms with E-state index < -0.39 is 0 Å². The zero-order chi connectivity index (χ0) is 10.8. The Kier molecular flexibility index (Phi) is 3.32. The molecule has 0 radical (unpaired) electrons. The van der Waals surface area contributed by atoms with E-state index in [-0.39, 0.29) is 0 Å². The van der Waals surface area contributed by atoms with Gasteiger partial charge in [0.2, 0.25) is 0 Å². The third-order valence-electron chi connectivity index (χ3n) is 3.48. The van der Waals surface area contributed by atoms with Gasteiger partial charge in [0.15, 0.2) is 0 Å². The van der Waals surface area contributed by atoms with Crippen LogP contribution in [0.15, 0.2) is 12.1 Å². The van der Waals surface area contributed by atoms with Crippen LogP contribution in [0.3, 0.4) is 0 Å². The maximum absolute atomic E-state index is 6.31. The van der Waals surface area contributed by atoms with Crippen LogP contribution in [0, 0.1) is 13.8 Å². The normalized spacial score (nSPS) is 18.1. The second-order valence-electron chi connectivity index (χ2n) is 4.43. The molecule has 15 heavy (non-hydrogen) atoms. The molecule has 82 valence electrons. The van der Waals surface area contributed by atoms with E-state index in [1.165, 1.54) is 29.5 Å². The van der Waals surface area contributed by atoms with Gasteiger partial charge in [-0.1, -0.05) is 17.7 Å². The van der Waals surface area contributed by atoms with Gasteiger partial charge in [-0.25, -0.2) is 0 Å². The molecule has 1 heterocycles. The molecule has 0 bridgehead atoms. The number of benzene rings is 1. The quantitative estimate of drug-likeness (QED) is 0.770. The lowest BCUT2D eigenvalue weighted by molar-refractivity contribution is 0.459. The summed E-state index contributed by atoms with van der Waals surface area (Å²) >= 11 is 6.31. The minimum absolute atomic E-state index is 0.652. The molecule has 0 unspecified atom stereocenters. The van der Waals surface area contributed by atoms with Crippen molar-refractivity contribution in [3.05, 3.63) is 33.8 Å². The van der Waals surface area contributed by atoms with Crippen LogP contribution in [0.1, 0.15) is 35.4 Å². The van der Waals surface area contributed by atoms with E-state index in [2.05, 4.69) is 25.2 Å². The van der Waals surface area contributed by atoms with Crippen LogP contribution < -0.4 is 5.32 Å². The Hall–Kier alpha value is -0.530. The molecular weight excluding hydrogens is 206 g/mol. The highest BCUT2D eigenvalue weighted by atomic mass is 35.5. The molecule has 2 heteroatoms. The average molecular weight is 224 g/mol. The summed E-state index contributed by atoms with van der Waals surface area (Å²) in [6.07, 6.45) is 2.42. The SMILES string of the molecule is Cc1ccc(Cl)c(C2CCNCC2)c1C. The van der Waals surface area contributed by atoms with Gasteiger partial charge in [0.1, 0.15) is 0 Å². The lowest BCUT2D eigenvalue weighted by atomic mass is 9.86. The fraction of sp³-hybridized carbons (Fsp3) is 0.538. The molecule has 1 nitrogen and oxygen atoms in total. The Labute approximate surface area is 96.8 Å². The van der Waals surface area contributed by atoms with Gasteiger partial charge in [-0.3, -0.25) is 0 Å². The molecule has 0 atom stereocenters. The van der Waals surface area contributed by atoms with Gasteiger partial charge in [0.25, 0.3) is 0 Å². The number of hydrogen-bond acceptors (Lipinski definition) is 1. The van der Waals surface area contributed by atoms with E-state index in [1.54, 1.807) is 0 Å². The molecule has 1 aliphatic rings. The largest absolute Gasteiger partial charge is 0.317 e. The molecule has 1 N–H and O–H groups in total. The van der Waals surface area contributed by atoms with E-state index in [4.69, 9.17) is 11.6 Å². The Morgan fingerprint density at radius 2 is 1.87 bits per heavy atom. The summed E-state index contributed by atoms with van der Waals surface area (Å²) in [4.78, 5) is 0. The van der Waals surface area contributed by atoms with Crippen molar-refractivity contribution in [1.29, 1.82) is 0 Å². The van der Waals surface area contributed by atoms with Gasteiger partial charge in [0, 0.05) is 5.02 Å². The van der Waals surface area contributed by atoms with Crippen LogP contribution in [-0.4, -0.2) is 13.1 Å². The van der Waals surface area contributed by atoms with Crippen molar-refractivity contribution in [2.75, 3.05) is 13.1 Å². The molecule has 0 saturated carbocycles. The van der Waals surface area contributed by atoms with Crippen molar-refractivity contribution in [1.82, 2.24) is 5.32 Å². The monoisotopic (exact) mass is 223 g/mol. The lowest BCUT2D eigenvalue weighted by Crippen LogP contribution is -2.27. The van der Waals surface area contributed by atoms with E-state index in [0.717, 1.165) is 18.1 Å². The third kappa shape index (κ3) is 2.19. The van der Waals surface area contributed by atoms with Crippen molar-refractivity contribution in [3.63, 3.8) is 0 Å². The highest BCUT2D eigenvalue weighted by Gasteiger charge is 2.20. The predicted octanol–water partition coefficient (Wildman–Crippen LogP) is 3.42. The number of halogens is 1. The van der Waals surface area contributed by atoms with Gasteiger partial charge < -0.3 is 5.32 Å². The van der Waals surface area contributed by atoms with Crippen LogP contribution in [0.5, 0.6) is 0 Å². The minimum Gasteiger partial charge on any atom is -0.317 e. The predicted molar refractivity (Wildman–Crippen MR) is 65.8 cm³/mol. The standard InChI is InChI=1S/C13H18ClN/c1-9-3-4-12(14)13(10(9)2)11-5-7-15-8-6-11/h3-4,11,15H,5-8H2,1-2H3. The van der Waals surface area contributed by atoms with Gasteiger partial charge in [-0.2, -0.15) is 0 Å². The van der Waals surface area contributed by atoms with Crippen molar-refractivity contribution < 1.29 is 0 Å². The van der Waals surface area contributed by atoms with Crippen LogP contribution in [0.25, 0.3) is 0 Å². The average Bonchev–Trinajstić information content (AvgIpc) is 2.26. The summed E-state index contributed by atoms with van der Waals surface area (Å²) in [6.45, 7) is 6.59. The van der Waals surface area contributed by atoms with Crippen molar-refractivity contribution in [2.45, 2.75) is 32.6 Å². The second-order valence-corrected chi connectivity index (χ2v) is 4.83. The highest BCUT2D eigenvalue weighted by molar-refractivity contribution is 6.31. The number of hydrogen-bond donors (Lipinski definition) is 1. The molecule has 1 aliphatic heterocycles. The molecule has 0 aliphatic carbocycles. The van der Waals surface area contributed by atoms with Crippen molar-refractivity contribution in [3.8, 4) is 0 Å². The Bertz CT molecular complexity index is 354. The van der Waals surface area contributed by atoms with Crippen LogP contribution in [0.4, 0.5) is 0 Å². The Morgan fingerprint density at radius 1 is 1.20 bits per heavy atom. The zero-order valence-electron chi connectivity index (χ0n) is 9.44. The molecule has 0 aromatic heterocycles. The maximum Gasteiger partial charge on any atom is 0.0443 e. The van der Waals surface area contributed by atoms with Crippen LogP contribution in [0.2, 0.25) is 5.02 Å². The smallest absolute Gasteiger partial charge is 0.0443 e. The van der Waals surface area contributed by atoms with Gasteiger partial charge in [0.05, 0.1) is 0 Å². The maximum atomic E-state index is 6.31. The fourth-order valence-electron chi connectivity index (χ4n) is 2.42. The van der Waals surface area contributed by atoms with Gasteiger partial charge >= 0.3 is 0 Å². The number of nitrogens with one attached hydrogen (secondary N) is 1. The van der Waals surface area contributed by atoms with E-state index in [9.17, 15) is 0 Å². The van der Waals surface area contributed by atoms with Crippen molar-refractivity contribution >= 4 is 11.6 Å². The molecule has 0 amide bonds. The first-order valence-electron chi connectivity index (χ1n) is 5.66. The second kappa shape index (κ2) is 4.54. The number of piperidine rings is 1. The first kappa shape index (κ1) is 11.0. The molecule has 0 spiro atoms. The number of rotatable bonds is 1. The molecule has 1 aromatic carbocycles. The van der Waals surface area contributed by atoms with Crippen molar-refractivity contribution in [2.24, 2.45) is 0 Å². The summed E-state index contributed by atoms with van der Waals surface area (Å²) in [5, 5.41) is 4.34. The first-order valence-corrected chi connectivity index (χ1v) is 6.04. The zero-order valence-corrected chi connectivity index (χ0v) is 10.2. The fourth-order valence-corrected chi connectivity index (χ4v) is 2.78. The molecule has 2 rings (SSSR count). The number of aryl methyl sites for hydroxylation is 1. The topological polar surface area (TPSA) is 12.0 Å². The van der Waals surface area contributed by atoms with Gasteiger partial charge in [-0.15, -0.1) is 0 Å². The first-order chi connectivity index (χ1) is 7.20. The third-order valence-corrected chi connectivity index (χ3v) is 3.81. The summed E-state index contributed by atoms with van der Waals surface area (Å²) in [5.41, 5.74) is 4.13. The van der Waals surface area contributed by atoms with E-state index in [1.807, 2.05) is 6.07 Å². The summed E-state index contributed by atoms with van der Waals surface area (Å²) in [7, 11) is 0. The molecule has 1 aromatic rings. The summed E-state index contributed by atoms with van der Waals surface area (Å²) < 4.78 is 0. The molecule has 1 fully saturated rings. The van der Waals surface area contributed by atoms with E-state index >= 15 is 0 Å². The summed E-state index contributed by atoms with van der Waals surface area (Å²) in [5.74, 6) is 0.652. The summed E-state index contributed by atoms with van der Waals surface area (Å²) in [6, 6.07) is 4.16. The Balaban J connectivity index is 2.36. The molecule has 1 saturated heterocycles. The lowest BCUT2D eigenvalue weighted by Gasteiger charge is -2.26. The highest BCUT2D eigenvalue weighted by Crippen LogP contribution is 2.34. The van der Waals surface area contributed by atoms with Crippen LogP contribution >= 0.6 is 11.6 Å². The van der Waals surface area contributed by atoms with Gasteiger partial charge in [-0.05, 0) is 68.5 Å².